The highest BCUT2D eigenvalue weighted by molar-refractivity contribution is 5.81. The van der Waals surface area contributed by atoms with Gasteiger partial charge in [-0.05, 0) is 69.3 Å². The topological polar surface area (TPSA) is 133 Å². The van der Waals surface area contributed by atoms with E-state index in [4.69, 9.17) is 5.41 Å². The summed E-state index contributed by atoms with van der Waals surface area (Å²) in [5, 5.41) is 13.5. The average Bonchev–Trinajstić information content (AvgIpc) is 3.55. The second-order valence-corrected chi connectivity index (χ2v) is 8.67. The fraction of sp³-hybridized carbons (Fsp3) is 0.423. The van der Waals surface area contributed by atoms with Crippen LogP contribution in [-0.4, -0.2) is 75.5 Å². The third kappa shape index (κ3) is 7.99. The normalized spacial score (nSPS) is 14.6. The zero-order valence-electron chi connectivity index (χ0n) is 22.5. The largest absolute Gasteiger partial charge is 0.408 e. The summed E-state index contributed by atoms with van der Waals surface area (Å²) in [5.41, 5.74) is 8.51. The predicted molar refractivity (Wildman–Crippen MR) is 145 cm³/mol. The number of carbonyl (C=O) groups is 2. The van der Waals surface area contributed by atoms with Crippen LogP contribution in [0, 0.1) is 12.3 Å². The maximum absolute atomic E-state index is 13.2. The molecular formula is C26H35F3N8O2. The highest BCUT2D eigenvalue weighted by Gasteiger charge is 2.47. The van der Waals surface area contributed by atoms with Gasteiger partial charge in [0.2, 0.25) is 12.3 Å². The maximum Gasteiger partial charge on any atom is 0.408 e. The molecule has 1 atom stereocenters. The third-order valence-corrected chi connectivity index (χ3v) is 6.12. The fourth-order valence-electron chi connectivity index (χ4n) is 4.26. The van der Waals surface area contributed by atoms with Gasteiger partial charge in [0.1, 0.15) is 17.4 Å². The lowest BCUT2D eigenvalue weighted by atomic mass is 10.1. The van der Waals surface area contributed by atoms with Gasteiger partial charge in [-0.1, -0.05) is 12.1 Å². The molecule has 4 rings (SSSR count). The Morgan fingerprint density at radius 2 is 1.97 bits per heavy atom. The molecule has 2 amide bonds. The predicted octanol–water partition coefficient (Wildman–Crippen LogP) is 3.76. The van der Waals surface area contributed by atoms with E-state index in [0.29, 0.717) is 18.6 Å². The highest BCUT2D eigenvalue weighted by atomic mass is 19.4. The van der Waals surface area contributed by atoms with E-state index >= 15 is 0 Å². The molecule has 4 N–H and O–H groups in total. The van der Waals surface area contributed by atoms with E-state index in [2.05, 4.69) is 21.1 Å². The summed E-state index contributed by atoms with van der Waals surface area (Å²) in [5.74, 6) is -0.0803. The zero-order valence-corrected chi connectivity index (χ0v) is 22.5. The number of likely N-dealkylation sites (tertiary alicyclic amines) is 1. The summed E-state index contributed by atoms with van der Waals surface area (Å²) in [7, 11) is 3.33. The molecule has 1 fully saturated rings. The average molecular weight is 549 g/mol. The second-order valence-electron chi connectivity index (χ2n) is 8.67. The number of alkyl halides is 3. The Labute approximate surface area is 225 Å². The minimum Gasteiger partial charge on any atom is -0.340 e. The number of nitrogens with one attached hydrogen (secondary N) is 2. The molecule has 13 heteroatoms. The van der Waals surface area contributed by atoms with Gasteiger partial charge in [0, 0.05) is 25.8 Å². The summed E-state index contributed by atoms with van der Waals surface area (Å²) in [4.78, 5) is 30.8. The summed E-state index contributed by atoms with van der Waals surface area (Å²) < 4.78 is 41.4. The number of nitrogens with zero attached hydrogens (tertiary/aromatic N) is 5. The fourth-order valence-corrected chi connectivity index (χ4v) is 4.26. The lowest BCUT2D eigenvalue weighted by Crippen LogP contribution is -2.48. The minimum atomic E-state index is -4.47. The first-order valence-electron chi connectivity index (χ1n) is 12.3. The number of carbonyl (C=O) groups excluding carboxylic acids is 2. The first kappa shape index (κ1) is 31.2. The van der Waals surface area contributed by atoms with Crippen molar-refractivity contribution in [1.82, 2.24) is 24.6 Å². The number of amides is 2. The Hall–Kier alpha value is -4.00. The number of hydrogen-bond acceptors (Lipinski definition) is 7. The number of benzene rings is 1. The van der Waals surface area contributed by atoms with Gasteiger partial charge in [0.15, 0.2) is 0 Å². The quantitative estimate of drug-likeness (QED) is 0.304. The lowest BCUT2D eigenvalue weighted by molar-refractivity contribution is -0.183. The minimum absolute atomic E-state index is 0.0441. The molecule has 0 radical (unpaired) electrons. The molecule has 0 saturated carbocycles. The Morgan fingerprint density at radius 1 is 1.28 bits per heavy atom. The van der Waals surface area contributed by atoms with Crippen LogP contribution in [0.2, 0.25) is 0 Å². The molecule has 10 nitrogen and oxygen atoms in total. The first-order chi connectivity index (χ1) is 18.6. The van der Waals surface area contributed by atoms with Crippen LogP contribution in [0.5, 0.6) is 0 Å². The molecule has 39 heavy (non-hydrogen) atoms. The number of rotatable bonds is 7. The number of aryl methyl sites for hydroxylation is 1. The van der Waals surface area contributed by atoms with E-state index in [1.807, 2.05) is 38.2 Å². The molecular weight excluding hydrogens is 513 g/mol. The third-order valence-electron chi connectivity index (χ3n) is 6.12. The van der Waals surface area contributed by atoms with Gasteiger partial charge in [-0.3, -0.25) is 14.3 Å². The van der Waals surface area contributed by atoms with E-state index in [-0.39, 0.29) is 19.5 Å². The smallest absolute Gasteiger partial charge is 0.340 e. The highest BCUT2D eigenvalue weighted by Crippen LogP contribution is 2.32. The number of fused-ring (bicyclic) bond motifs is 1. The van der Waals surface area contributed by atoms with Gasteiger partial charge < -0.3 is 26.3 Å². The molecule has 1 saturated heterocycles. The second kappa shape index (κ2) is 14.2. The lowest BCUT2D eigenvalue weighted by Gasteiger charge is -2.28. The van der Waals surface area contributed by atoms with Gasteiger partial charge in [-0.25, -0.2) is 4.98 Å². The monoisotopic (exact) mass is 548 g/mol. The number of nitrogens with two attached hydrogens (primary N) is 1. The van der Waals surface area contributed by atoms with Crippen molar-refractivity contribution < 1.29 is 22.8 Å². The maximum atomic E-state index is 13.2. The van der Waals surface area contributed by atoms with Crippen molar-refractivity contribution in [3.8, 4) is 0 Å². The van der Waals surface area contributed by atoms with Crippen LogP contribution in [0.1, 0.15) is 30.9 Å². The van der Waals surface area contributed by atoms with Gasteiger partial charge >= 0.3 is 6.18 Å². The number of anilines is 2. The number of hydrogen-bond donors (Lipinski definition) is 3. The van der Waals surface area contributed by atoms with E-state index in [9.17, 15) is 22.8 Å². The number of halogens is 3. The Bertz CT molecular complexity index is 1260. The van der Waals surface area contributed by atoms with Crippen LogP contribution in [0.25, 0.3) is 11.0 Å². The summed E-state index contributed by atoms with van der Waals surface area (Å²) >= 11 is 0. The molecule has 1 aliphatic rings. The Morgan fingerprint density at radius 3 is 2.62 bits per heavy atom. The molecule has 212 valence electrons. The first-order valence-corrected chi connectivity index (χ1v) is 12.3. The van der Waals surface area contributed by atoms with Crippen molar-refractivity contribution in [2.75, 3.05) is 25.5 Å². The summed E-state index contributed by atoms with van der Waals surface area (Å²) in [6.07, 6.45) is -0.868. The Kier molecular flexibility index (Phi) is 11.4. The molecule has 1 unspecified atom stereocenters. The van der Waals surface area contributed by atoms with Crippen LogP contribution in [0.3, 0.4) is 0 Å². The van der Waals surface area contributed by atoms with E-state index in [1.165, 1.54) is 18.2 Å². The van der Waals surface area contributed by atoms with Crippen molar-refractivity contribution in [3.63, 3.8) is 0 Å². The molecule has 1 aromatic carbocycles. The van der Waals surface area contributed by atoms with Crippen molar-refractivity contribution >= 4 is 41.1 Å². The molecule has 3 heterocycles. The van der Waals surface area contributed by atoms with Crippen molar-refractivity contribution in [2.45, 2.75) is 45.5 Å². The van der Waals surface area contributed by atoms with Gasteiger partial charge in [-0.15, -0.1) is 0 Å². The van der Waals surface area contributed by atoms with E-state index in [0.717, 1.165) is 32.7 Å². The summed E-state index contributed by atoms with van der Waals surface area (Å²) in [6, 6.07) is 7.43. The molecule has 0 aliphatic carbocycles. The molecule has 0 bridgehead atoms. The van der Waals surface area contributed by atoms with Crippen molar-refractivity contribution in [1.29, 1.82) is 5.41 Å². The summed E-state index contributed by atoms with van der Waals surface area (Å²) in [6.45, 7) is 3.26. The van der Waals surface area contributed by atoms with Crippen molar-refractivity contribution in [3.05, 3.63) is 47.7 Å². The Balaban J connectivity index is 0.000000998. The zero-order chi connectivity index (χ0) is 29.2. The van der Waals surface area contributed by atoms with Crippen LogP contribution in [0.15, 0.2) is 36.5 Å². The van der Waals surface area contributed by atoms with Crippen molar-refractivity contribution in [2.24, 2.45) is 12.8 Å². The number of pyridine rings is 1. The van der Waals surface area contributed by atoms with Crippen LogP contribution < -0.4 is 11.1 Å². The van der Waals surface area contributed by atoms with E-state index < -0.39 is 24.7 Å². The molecule has 3 aromatic rings. The number of aromatic nitrogens is 3. The van der Waals surface area contributed by atoms with Crippen LogP contribution >= 0.6 is 0 Å². The van der Waals surface area contributed by atoms with Gasteiger partial charge in [0.05, 0.1) is 18.3 Å². The standard InChI is InChI=1S/C23H25F3N6O2.C2H5N.CH5N/c1-15-16(12-31(14-33)13-22(34)32-10-4-7-20(32)23(24,25)26)5-3-6-17(15)28-21-9-8-19-18(29-21)11-27-30(19)2;1-2-3;1-2/h3,5-6,8-9,11,14,20H,4,7,10,12-13H2,1-2H3,(H,28,29);2-3H,1H3;2H2,1H3. The molecule has 1 aliphatic heterocycles. The SMILES string of the molecule is CC=N.CN.Cc1c(CN(C=O)CC(=O)N2CCCC2C(F)(F)F)cccc1Nc1ccc2c(cnn2C)n1. The van der Waals surface area contributed by atoms with E-state index in [1.54, 1.807) is 23.9 Å². The van der Waals surface area contributed by atoms with Gasteiger partial charge in [-0.2, -0.15) is 18.3 Å². The molecule has 0 spiro atoms. The van der Waals surface area contributed by atoms with Crippen LogP contribution in [0.4, 0.5) is 24.7 Å². The van der Waals surface area contributed by atoms with Crippen LogP contribution in [-0.2, 0) is 23.2 Å². The molecule has 2 aromatic heterocycles. The van der Waals surface area contributed by atoms with Gasteiger partial charge in [0.25, 0.3) is 0 Å².